The second kappa shape index (κ2) is 8.03. The average Bonchev–Trinajstić information content (AvgIpc) is 3.21. The maximum atomic E-state index is 12.9. The molecule has 1 fully saturated rings. The molecule has 1 aromatic carbocycles. The molecular weight excluding hydrogens is 383 g/mol. The summed E-state index contributed by atoms with van der Waals surface area (Å²) in [5.41, 5.74) is 0.779. The Bertz CT molecular complexity index is 877. The van der Waals surface area contributed by atoms with Gasteiger partial charge in [0.15, 0.2) is 5.82 Å². The van der Waals surface area contributed by atoms with Crippen molar-refractivity contribution in [1.29, 1.82) is 0 Å². The van der Waals surface area contributed by atoms with Gasteiger partial charge in [-0.15, -0.1) is 10.2 Å². The van der Waals surface area contributed by atoms with Gasteiger partial charge in [-0.1, -0.05) is 35.7 Å². The second-order valence-electron chi connectivity index (χ2n) is 7.13. The molecule has 2 aliphatic rings. The number of benzene rings is 1. The molecular formula is C20H22Cl2N4O. The van der Waals surface area contributed by atoms with Crippen molar-refractivity contribution in [3.63, 3.8) is 0 Å². The molecule has 0 radical (unpaired) electrons. The van der Waals surface area contributed by atoms with Crippen LogP contribution < -0.4 is 0 Å². The molecule has 4 rings (SSSR count). The Hall–Kier alpha value is -1.85. The smallest absolute Gasteiger partial charge is 0.247 e. The maximum absolute atomic E-state index is 12.9. The van der Waals surface area contributed by atoms with Crippen LogP contribution in [0.5, 0.6) is 0 Å². The van der Waals surface area contributed by atoms with E-state index in [0.717, 1.165) is 62.4 Å². The van der Waals surface area contributed by atoms with E-state index in [-0.39, 0.29) is 11.9 Å². The lowest BCUT2D eigenvalue weighted by atomic mass is 10.2. The highest BCUT2D eigenvalue weighted by molar-refractivity contribution is 6.35. The number of aromatic nitrogens is 3. The maximum Gasteiger partial charge on any atom is 0.247 e. The standard InChI is InChI=1S/C20H22Cl2N4O/c21-15-9-7-14(16(22)13-15)8-10-19(27)25-12-4-5-17(25)20-24-23-18-6-2-1-3-11-26(18)20/h7-10,13,17H,1-6,11-12H2. The van der Waals surface area contributed by atoms with Crippen LogP contribution >= 0.6 is 23.2 Å². The van der Waals surface area contributed by atoms with Crippen LogP contribution in [-0.4, -0.2) is 32.1 Å². The zero-order chi connectivity index (χ0) is 18.8. The van der Waals surface area contributed by atoms with Crippen LogP contribution in [0.2, 0.25) is 10.0 Å². The van der Waals surface area contributed by atoms with Gasteiger partial charge in [0.05, 0.1) is 6.04 Å². The Morgan fingerprint density at radius 1 is 1.11 bits per heavy atom. The molecule has 1 amide bonds. The molecule has 0 aliphatic carbocycles. The Morgan fingerprint density at radius 3 is 2.85 bits per heavy atom. The van der Waals surface area contributed by atoms with E-state index < -0.39 is 0 Å². The van der Waals surface area contributed by atoms with Crippen molar-refractivity contribution in [2.24, 2.45) is 0 Å². The first kappa shape index (κ1) is 18.5. The van der Waals surface area contributed by atoms with Crippen LogP contribution in [0.4, 0.5) is 0 Å². The van der Waals surface area contributed by atoms with Gasteiger partial charge < -0.3 is 9.47 Å². The molecule has 0 N–H and O–H groups in total. The van der Waals surface area contributed by atoms with Gasteiger partial charge in [-0.25, -0.2) is 0 Å². The number of halogens is 2. The number of aryl methyl sites for hydroxylation is 1. The number of rotatable bonds is 3. The van der Waals surface area contributed by atoms with Crippen molar-refractivity contribution in [1.82, 2.24) is 19.7 Å². The minimum Gasteiger partial charge on any atom is -0.329 e. The van der Waals surface area contributed by atoms with Crippen molar-refractivity contribution in [3.8, 4) is 0 Å². The lowest BCUT2D eigenvalue weighted by molar-refractivity contribution is -0.127. The highest BCUT2D eigenvalue weighted by Crippen LogP contribution is 2.32. The van der Waals surface area contributed by atoms with Crippen molar-refractivity contribution in [3.05, 3.63) is 51.5 Å². The van der Waals surface area contributed by atoms with Gasteiger partial charge in [0, 0.05) is 35.6 Å². The zero-order valence-electron chi connectivity index (χ0n) is 15.1. The lowest BCUT2D eigenvalue weighted by Crippen LogP contribution is -2.30. The summed E-state index contributed by atoms with van der Waals surface area (Å²) in [6, 6.07) is 5.26. The van der Waals surface area contributed by atoms with Gasteiger partial charge in [-0.05, 0) is 49.5 Å². The Labute approximate surface area is 169 Å². The number of carbonyl (C=O) groups is 1. The molecule has 2 aromatic rings. The predicted octanol–water partition coefficient (Wildman–Crippen LogP) is 4.69. The molecule has 7 heteroatoms. The van der Waals surface area contributed by atoms with Crippen LogP contribution in [0.3, 0.4) is 0 Å². The Kier molecular flexibility index (Phi) is 5.50. The topological polar surface area (TPSA) is 51.0 Å². The van der Waals surface area contributed by atoms with Gasteiger partial charge in [0.1, 0.15) is 5.82 Å². The van der Waals surface area contributed by atoms with E-state index in [1.165, 1.54) is 6.42 Å². The average molecular weight is 405 g/mol. The SMILES string of the molecule is O=C(C=Cc1ccc(Cl)cc1Cl)N1CCCC1c1nnc2n1CCCCC2. The number of hydrogen-bond acceptors (Lipinski definition) is 3. The van der Waals surface area contributed by atoms with Crippen molar-refractivity contribution in [2.75, 3.05) is 6.54 Å². The summed E-state index contributed by atoms with van der Waals surface area (Å²) in [7, 11) is 0. The number of amides is 1. The van der Waals surface area contributed by atoms with Gasteiger partial charge in [-0.2, -0.15) is 0 Å². The third kappa shape index (κ3) is 3.90. The van der Waals surface area contributed by atoms with E-state index in [0.29, 0.717) is 10.0 Å². The fourth-order valence-corrected chi connectivity index (χ4v) is 4.42. The van der Waals surface area contributed by atoms with Gasteiger partial charge in [0.25, 0.3) is 0 Å². The molecule has 27 heavy (non-hydrogen) atoms. The van der Waals surface area contributed by atoms with Gasteiger partial charge in [-0.3, -0.25) is 4.79 Å². The highest BCUT2D eigenvalue weighted by Gasteiger charge is 2.33. The molecule has 1 atom stereocenters. The summed E-state index contributed by atoms with van der Waals surface area (Å²) < 4.78 is 2.24. The Balaban J connectivity index is 1.54. The normalized spacial score (nSPS) is 20.1. The quantitative estimate of drug-likeness (QED) is 0.697. The lowest BCUT2D eigenvalue weighted by Gasteiger charge is -2.23. The van der Waals surface area contributed by atoms with Crippen molar-refractivity contribution >= 4 is 35.2 Å². The van der Waals surface area contributed by atoms with Crippen LogP contribution in [-0.2, 0) is 17.8 Å². The van der Waals surface area contributed by atoms with Crippen LogP contribution in [0, 0.1) is 0 Å². The number of carbonyl (C=O) groups excluding carboxylic acids is 1. The first-order chi connectivity index (χ1) is 13.1. The zero-order valence-corrected chi connectivity index (χ0v) is 16.6. The van der Waals surface area contributed by atoms with E-state index in [1.807, 2.05) is 11.0 Å². The minimum absolute atomic E-state index is 0.00203. The van der Waals surface area contributed by atoms with Crippen LogP contribution in [0.15, 0.2) is 24.3 Å². The summed E-state index contributed by atoms with van der Waals surface area (Å²) in [5.74, 6) is 1.98. The van der Waals surface area contributed by atoms with Gasteiger partial charge >= 0.3 is 0 Å². The van der Waals surface area contributed by atoms with E-state index in [2.05, 4.69) is 14.8 Å². The van der Waals surface area contributed by atoms with Gasteiger partial charge in [0.2, 0.25) is 5.91 Å². The van der Waals surface area contributed by atoms with E-state index in [9.17, 15) is 4.79 Å². The minimum atomic E-state index is -0.0190. The van der Waals surface area contributed by atoms with Crippen molar-refractivity contribution < 1.29 is 4.79 Å². The molecule has 3 heterocycles. The molecule has 5 nitrogen and oxygen atoms in total. The largest absolute Gasteiger partial charge is 0.329 e. The predicted molar refractivity (Wildman–Crippen MR) is 107 cm³/mol. The van der Waals surface area contributed by atoms with Crippen LogP contribution in [0.1, 0.15) is 55.4 Å². The summed E-state index contributed by atoms with van der Waals surface area (Å²) in [6.07, 6.45) is 9.76. The number of hydrogen-bond donors (Lipinski definition) is 0. The molecule has 0 bridgehead atoms. The molecule has 1 saturated heterocycles. The number of nitrogens with zero attached hydrogens (tertiary/aromatic N) is 4. The third-order valence-electron chi connectivity index (χ3n) is 5.34. The summed E-state index contributed by atoms with van der Waals surface area (Å²) >= 11 is 12.1. The fourth-order valence-electron chi connectivity index (χ4n) is 3.95. The molecule has 1 aromatic heterocycles. The summed E-state index contributed by atoms with van der Waals surface area (Å²) in [5, 5.41) is 9.96. The van der Waals surface area contributed by atoms with E-state index in [4.69, 9.17) is 23.2 Å². The third-order valence-corrected chi connectivity index (χ3v) is 5.90. The van der Waals surface area contributed by atoms with Crippen LogP contribution in [0.25, 0.3) is 6.08 Å². The van der Waals surface area contributed by atoms with Crippen molar-refractivity contribution in [2.45, 2.75) is 51.1 Å². The molecule has 1 unspecified atom stereocenters. The number of likely N-dealkylation sites (tertiary alicyclic amines) is 1. The molecule has 0 spiro atoms. The fraction of sp³-hybridized carbons (Fsp3) is 0.450. The number of fused-ring (bicyclic) bond motifs is 1. The summed E-state index contributed by atoms with van der Waals surface area (Å²) in [4.78, 5) is 14.8. The van der Waals surface area contributed by atoms with E-state index >= 15 is 0 Å². The molecule has 2 aliphatic heterocycles. The molecule has 0 saturated carbocycles. The van der Waals surface area contributed by atoms with E-state index in [1.54, 1.807) is 24.3 Å². The first-order valence-electron chi connectivity index (χ1n) is 9.49. The Morgan fingerprint density at radius 2 is 2.00 bits per heavy atom. The first-order valence-corrected chi connectivity index (χ1v) is 10.2. The second-order valence-corrected chi connectivity index (χ2v) is 7.97. The summed E-state index contributed by atoms with van der Waals surface area (Å²) in [6.45, 7) is 1.69. The molecule has 142 valence electrons. The highest BCUT2D eigenvalue weighted by atomic mass is 35.5. The monoisotopic (exact) mass is 404 g/mol.